The van der Waals surface area contributed by atoms with Gasteiger partial charge in [-0.15, -0.1) is 0 Å². The fourth-order valence-corrected chi connectivity index (χ4v) is 3.12. The number of aromatic nitrogens is 5. The maximum atomic E-state index is 12.4. The Labute approximate surface area is 150 Å². The fourth-order valence-electron chi connectivity index (χ4n) is 3.12. The van der Waals surface area contributed by atoms with E-state index in [1.54, 1.807) is 30.9 Å². The minimum atomic E-state index is -0.0683. The molecule has 3 aromatic rings. The number of carbonyl (C=O) groups is 1. The highest BCUT2D eigenvalue weighted by atomic mass is 16.1. The molecule has 0 saturated carbocycles. The lowest BCUT2D eigenvalue weighted by molar-refractivity contribution is -0.122. The zero-order chi connectivity index (χ0) is 17.8. The Bertz CT molecular complexity index is 866. The normalized spacial score (nSPS) is 16.2. The molecule has 0 radical (unpaired) electrons. The van der Waals surface area contributed by atoms with Gasteiger partial charge in [-0.25, -0.2) is 9.97 Å². The molecule has 4 rings (SSSR count). The SMILES string of the molecule is O=C(CC1CN(c2ncccn2)Cc2ccnn21)NCc1ccccn1. The van der Waals surface area contributed by atoms with Crippen molar-refractivity contribution in [3.63, 3.8) is 0 Å². The molecule has 3 aromatic heterocycles. The molecule has 1 atom stereocenters. The van der Waals surface area contributed by atoms with Gasteiger partial charge >= 0.3 is 0 Å². The summed E-state index contributed by atoms with van der Waals surface area (Å²) in [6.07, 6.45) is 7.27. The molecule has 1 unspecified atom stereocenters. The van der Waals surface area contributed by atoms with Crippen molar-refractivity contribution in [1.82, 2.24) is 30.0 Å². The zero-order valence-electron chi connectivity index (χ0n) is 14.2. The highest BCUT2D eigenvalue weighted by molar-refractivity contribution is 5.76. The van der Waals surface area contributed by atoms with E-state index in [1.807, 2.05) is 28.9 Å². The third-order valence-corrected chi connectivity index (χ3v) is 4.33. The molecule has 132 valence electrons. The first-order chi connectivity index (χ1) is 12.8. The topological polar surface area (TPSA) is 88.8 Å². The van der Waals surface area contributed by atoms with Gasteiger partial charge in [0.15, 0.2) is 0 Å². The summed E-state index contributed by atoms with van der Waals surface area (Å²) in [6, 6.07) is 9.34. The third kappa shape index (κ3) is 3.53. The molecule has 1 aliphatic rings. The largest absolute Gasteiger partial charge is 0.350 e. The smallest absolute Gasteiger partial charge is 0.225 e. The second kappa shape index (κ2) is 7.30. The standard InChI is InChI=1S/C18H19N7O/c26-17(22-11-14-4-1-2-6-19-14)10-16-13-24(18-20-7-3-8-21-18)12-15-5-9-23-25(15)16/h1-9,16H,10-13H2,(H,22,26). The summed E-state index contributed by atoms with van der Waals surface area (Å²) >= 11 is 0. The van der Waals surface area contributed by atoms with Gasteiger partial charge in [0.25, 0.3) is 0 Å². The van der Waals surface area contributed by atoms with Gasteiger partial charge in [0.1, 0.15) is 0 Å². The van der Waals surface area contributed by atoms with Crippen LogP contribution in [-0.2, 0) is 17.9 Å². The molecule has 1 aliphatic heterocycles. The number of nitrogens with one attached hydrogen (secondary N) is 1. The average Bonchev–Trinajstić information content (AvgIpc) is 3.17. The van der Waals surface area contributed by atoms with Crippen LogP contribution >= 0.6 is 0 Å². The van der Waals surface area contributed by atoms with E-state index in [-0.39, 0.29) is 11.9 Å². The third-order valence-electron chi connectivity index (χ3n) is 4.33. The Morgan fingerprint density at radius 2 is 1.92 bits per heavy atom. The molecular formula is C18H19N7O. The van der Waals surface area contributed by atoms with E-state index in [0.29, 0.717) is 32.0 Å². The Hall–Kier alpha value is -3.29. The number of carbonyl (C=O) groups excluding carboxylic acids is 1. The van der Waals surface area contributed by atoms with E-state index in [9.17, 15) is 4.79 Å². The summed E-state index contributed by atoms with van der Waals surface area (Å²) in [6.45, 7) is 1.73. The summed E-state index contributed by atoms with van der Waals surface area (Å²) in [5, 5.41) is 7.33. The van der Waals surface area contributed by atoms with E-state index in [4.69, 9.17) is 0 Å². The highest BCUT2D eigenvalue weighted by Crippen LogP contribution is 2.25. The molecule has 8 nitrogen and oxygen atoms in total. The lowest BCUT2D eigenvalue weighted by Gasteiger charge is -2.33. The monoisotopic (exact) mass is 349 g/mol. The van der Waals surface area contributed by atoms with Crippen LogP contribution in [0.1, 0.15) is 23.9 Å². The Morgan fingerprint density at radius 3 is 2.73 bits per heavy atom. The minimum Gasteiger partial charge on any atom is -0.350 e. The van der Waals surface area contributed by atoms with Gasteiger partial charge in [0.2, 0.25) is 11.9 Å². The number of amides is 1. The van der Waals surface area contributed by atoms with Crippen LogP contribution < -0.4 is 10.2 Å². The van der Waals surface area contributed by atoms with Crippen LogP contribution in [0.25, 0.3) is 0 Å². The second-order valence-corrected chi connectivity index (χ2v) is 6.15. The van der Waals surface area contributed by atoms with Crippen LogP contribution in [0.4, 0.5) is 5.95 Å². The predicted molar refractivity (Wildman–Crippen MR) is 95.0 cm³/mol. The van der Waals surface area contributed by atoms with Crippen molar-refractivity contribution in [1.29, 1.82) is 0 Å². The average molecular weight is 349 g/mol. The number of hydrogen-bond acceptors (Lipinski definition) is 6. The van der Waals surface area contributed by atoms with E-state index in [1.165, 1.54) is 0 Å². The lowest BCUT2D eigenvalue weighted by Crippen LogP contribution is -2.40. The number of pyridine rings is 1. The van der Waals surface area contributed by atoms with Crippen LogP contribution in [0.15, 0.2) is 55.1 Å². The first-order valence-corrected chi connectivity index (χ1v) is 8.50. The Balaban J connectivity index is 1.44. The second-order valence-electron chi connectivity index (χ2n) is 6.15. The molecule has 4 heterocycles. The molecule has 0 spiro atoms. The molecule has 0 aliphatic carbocycles. The molecule has 0 fully saturated rings. The highest BCUT2D eigenvalue weighted by Gasteiger charge is 2.28. The Kier molecular flexibility index (Phi) is 4.55. The molecule has 1 N–H and O–H groups in total. The molecule has 8 heteroatoms. The van der Waals surface area contributed by atoms with Crippen molar-refractivity contribution in [2.75, 3.05) is 11.4 Å². The van der Waals surface area contributed by atoms with Gasteiger partial charge in [-0.1, -0.05) is 6.07 Å². The number of anilines is 1. The molecular weight excluding hydrogens is 330 g/mol. The van der Waals surface area contributed by atoms with Crippen LogP contribution in [0.2, 0.25) is 0 Å². The molecule has 0 aromatic carbocycles. The maximum absolute atomic E-state index is 12.4. The number of hydrogen-bond donors (Lipinski definition) is 1. The summed E-state index contributed by atoms with van der Waals surface area (Å²) < 4.78 is 1.93. The van der Waals surface area contributed by atoms with Crippen LogP contribution in [-0.4, -0.2) is 37.2 Å². The van der Waals surface area contributed by atoms with Gasteiger partial charge in [-0.2, -0.15) is 5.10 Å². The number of fused-ring (bicyclic) bond motifs is 1. The lowest BCUT2D eigenvalue weighted by atomic mass is 10.1. The van der Waals surface area contributed by atoms with Crippen molar-refractivity contribution < 1.29 is 4.79 Å². The summed E-state index contributed by atoms with van der Waals surface area (Å²) in [7, 11) is 0. The van der Waals surface area contributed by atoms with Crippen LogP contribution in [0.5, 0.6) is 0 Å². The van der Waals surface area contributed by atoms with Crippen molar-refractivity contribution in [2.24, 2.45) is 0 Å². The van der Waals surface area contributed by atoms with E-state index >= 15 is 0 Å². The maximum Gasteiger partial charge on any atom is 0.225 e. The van der Waals surface area contributed by atoms with Crippen LogP contribution in [0, 0.1) is 0 Å². The van der Waals surface area contributed by atoms with Crippen molar-refractivity contribution >= 4 is 11.9 Å². The molecule has 0 saturated heterocycles. The van der Waals surface area contributed by atoms with E-state index < -0.39 is 0 Å². The first-order valence-electron chi connectivity index (χ1n) is 8.50. The van der Waals surface area contributed by atoms with Gasteiger partial charge in [-0.3, -0.25) is 14.5 Å². The number of rotatable bonds is 5. The van der Waals surface area contributed by atoms with E-state index in [0.717, 1.165) is 11.4 Å². The van der Waals surface area contributed by atoms with Gasteiger partial charge in [0, 0.05) is 31.3 Å². The summed E-state index contributed by atoms with van der Waals surface area (Å²) in [5.41, 5.74) is 1.88. The van der Waals surface area contributed by atoms with Crippen molar-refractivity contribution in [3.05, 3.63) is 66.5 Å². The number of nitrogens with zero attached hydrogens (tertiary/aromatic N) is 6. The predicted octanol–water partition coefficient (Wildman–Crippen LogP) is 1.34. The van der Waals surface area contributed by atoms with E-state index in [2.05, 4.69) is 30.3 Å². The zero-order valence-corrected chi connectivity index (χ0v) is 14.2. The Morgan fingerprint density at radius 1 is 1.08 bits per heavy atom. The van der Waals surface area contributed by atoms with Crippen molar-refractivity contribution in [3.8, 4) is 0 Å². The molecule has 26 heavy (non-hydrogen) atoms. The van der Waals surface area contributed by atoms with Gasteiger partial charge < -0.3 is 10.2 Å². The minimum absolute atomic E-state index is 0.0297. The van der Waals surface area contributed by atoms with Gasteiger partial charge in [0.05, 0.1) is 36.9 Å². The summed E-state index contributed by atoms with van der Waals surface area (Å²) in [4.78, 5) is 27.4. The quantitative estimate of drug-likeness (QED) is 0.748. The van der Waals surface area contributed by atoms with Crippen LogP contribution in [0.3, 0.4) is 0 Å². The first kappa shape index (κ1) is 16.2. The summed E-state index contributed by atoms with van der Waals surface area (Å²) in [5.74, 6) is 0.636. The molecule has 1 amide bonds. The molecule has 0 bridgehead atoms. The fraction of sp³-hybridized carbons (Fsp3) is 0.278. The van der Waals surface area contributed by atoms with Gasteiger partial charge in [-0.05, 0) is 24.3 Å². The van der Waals surface area contributed by atoms with Crippen molar-refractivity contribution in [2.45, 2.75) is 25.6 Å².